The summed E-state index contributed by atoms with van der Waals surface area (Å²) in [6, 6.07) is 0. The number of hydrogen-bond acceptors (Lipinski definition) is 2. The van der Waals surface area contributed by atoms with Crippen LogP contribution >= 0.6 is 11.6 Å². The van der Waals surface area contributed by atoms with E-state index in [0.717, 1.165) is 18.8 Å². The van der Waals surface area contributed by atoms with Gasteiger partial charge in [0.15, 0.2) is 0 Å². The highest BCUT2D eigenvalue weighted by atomic mass is 35.5. The maximum absolute atomic E-state index is 6.01. The number of nitrogens with zero attached hydrogens (tertiary/aromatic N) is 2. The van der Waals surface area contributed by atoms with Gasteiger partial charge in [-0.05, 0) is 5.57 Å². The zero-order valence-corrected chi connectivity index (χ0v) is 8.25. The van der Waals surface area contributed by atoms with E-state index < -0.39 is 0 Å². The molecule has 13 heavy (non-hydrogen) atoms. The van der Waals surface area contributed by atoms with Gasteiger partial charge in [-0.1, -0.05) is 6.08 Å². The van der Waals surface area contributed by atoms with Crippen molar-refractivity contribution in [3.63, 3.8) is 0 Å². The van der Waals surface area contributed by atoms with Gasteiger partial charge in [0.2, 0.25) is 0 Å². The molecule has 0 spiro atoms. The van der Waals surface area contributed by atoms with Crippen molar-refractivity contribution in [1.82, 2.24) is 14.9 Å². The van der Waals surface area contributed by atoms with Gasteiger partial charge in [-0.15, -0.1) is 11.6 Å². The summed E-state index contributed by atoms with van der Waals surface area (Å²) < 4.78 is 2.00. The first-order valence-electron chi connectivity index (χ1n) is 4.29. The molecular weight excluding hydrogens is 186 g/mol. The van der Waals surface area contributed by atoms with Crippen LogP contribution in [0.2, 0.25) is 0 Å². The summed E-state index contributed by atoms with van der Waals surface area (Å²) in [7, 11) is 1.99. The molecule has 0 saturated carbocycles. The average Bonchev–Trinajstić information content (AvgIpc) is 2.51. The molecule has 1 aliphatic rings. The molecule has 70 valence electrons. The Morgan fingerprint density at radius 3 is 3.15 bits per heavy atom. The van der Waals surface area contributed by atoms with Gasteiger partial charge in [0, 0.05) is 20.1 Å². The van der Waals surface area contributed by atoms with Crippen LogP contribution in [-0.4, -0.2) is 28.0 Å². The molecule has 4 heteroatoms. The number of rotatable bonds is 1. The Kier molecular flexibility index (Phi) is 2.38. The van der Waals surface area contributed by atoms with Gasteiger partial charge in [-0.25, -0.2) is 4.98 Å². The molecule has 0 saturated heterocycles. The highest BCUT2D eigenvalue weighted by molar-refractivity contribution is 6.22. The molecule has 1 unspecified atom stereocenters. The van der Waals surface area contributed by atoms with E-state index in [-0.39, 0.29) is 5.38 Å². The molecule has 1 aromatic rings. The minimum Gasteiger partial charge on any atom is -0.334 e. The number of hydrogen-bond donors (Lipinski definition) is 1. The second-order valence-electron chi connectivity index (χ2n) is 3.23. The summed E-state index contributed by atoms with van der Waals surface area (Å²) in [6.07, 6.45) is 5.76. The molecule has 1 atom stereocenters. The zero-order chi connectivity index (χ0) is 9.26. The van der Waals surface area contributed by atoms with Crippen LogP contribution in [0.15, 0.2) is 18.6 Å². The van der Waals surface area contributed by atoms with Crippen molar-refractivity contribution in [2.75, 3.05) is 13.1 Å². The monoisotopic (exact) mass is 197 g/mol. The van der Waals surface area contributed by atoms with Crippen LogP contribution in [0.3, 0.4) is 0 Å². The van der Waals surface area contributed by atoms with Gasteiger partial charge in [-0.2, -0.15) is 0 Å². The fourth-order valence-electron chi connectivity index (χ4n) is 1.52. The Balaban J connectivity index is 2.30. The van der Waals surface area contributed by atoms with Gasteiger partial charge in [0.05, 0.1) is 23.6 Å². The van der Waals surface area contributed by atoms with Gasteiger partial charge >= 0.3 is 0 Å². The van der Waals surface area contributed by atoms with Crippen LogP contribution < -0.4 is 5.32 Å². The molecule has 0 aromatic carbocycles. The molecule has 0 bridgehead atoms. The summed E-state index contributed by atoms with van der Waals surface area (Å²) in [5, 5.41) is 3.35. The first-order valence-corrected chi connectivity index (χ1v) is 4.73. The maximum Gasteiger partial charge on any atom is 0.0948 e. The Hall–Kier alpha value is -0.800. The summed E-state index contributed by atoms with van der Waals surface area (Å²) in [5.74, 6) is 0. The lowest BCUT2D eigenvalue weighted by atomic mass is 10.1. The van der Waals surface area contributed by atoms with E-state index in [2.05, 4.69) is 16.4 Å². The molecule has 1 aliphatic heterocycles. The van der Waals surface area contributed by atoms with E-state index in [0.29, 0.717) is 0 Å². The molecule has 2 heterocycles. The van der Waals surface area contributed by atoms with Crippen LogP contribution in [0, 0.1) is 0 Å². The Labute approximate surface area is 82.4 Å². The van der Waals surface area contributed by atoms with Crippen LogP contribution in [0.1, 0.15) is 5.69 Å². The third kappa shape index (κ3) is 1.76. The van der Waals surface area contributed by atoms with Crippen LogP contribution in [0.5, 0.6) is 0 Å². The number of aryl methyl sites for hydroxylation is 1. The predicted molar refractivity (Wildman–Crippen MR) is 53.7 cm³/mol. The van der Waals surface area contributed by atoms with Crippen molar-refractivity contribution >= 4 is 17.2 Å². The van der Waals surface area contributed by atoms with E-state index in [1.54, 1.807) is 6.33 Å². The van der Waals surface area contributed by atoms with E-state index in [1.165, 1.54) is 5.57 Å². The average molecular weight is 198 g/mol. The molecule has 0 aliphatic carbocycles. The molecule has 3 nitrogen and oxygen atoms in total. The minimum absolute atomic E-state index is 0.0960. The van der Waals surface area contributed by atoms with E-state index in [4.69, 9.17) is 11.6 Å². The number of imidazole rings is 1. The number of halogens is 1. The summed E-state index contributed by atoms with van der Waals surface area (Å²) in [4.78, 5) is 4.07. The number of alkyl halides is 1. The topological polar surface area (TPSA) is 29.9 Å². The second kappa shape index (κ2) is 3.52. The van der Waals surface area contributed by atoms with Gasteiger partial charge in [0.1, 0.15) is 0 Å². The van der Waals surface area contributed by atoms with Crippen molar-refractivity contribution < 1.29 is 0 Å². The van der Waals surface area contributed by atoms with Crippen LogP contribution in [0.25, 0.3) is 5.57 Å². The van der Waals surface area contributed by atoms with E-state index in [9.17, 15) is 0 Å². The third-order valence-electron chi connectivity index (χ3n) is 2.18. The number of aromatic nitrogens is 2. The zero-order valence-electron chi connectivity index (χ0n) is 7.50. The van der Waals surface area contributed by atoms with Crippen molar-refractivity contribution in [1.29, 1.82) is 0 Å². The standard InChI is InChI=1S/C9H12ClN3/c1-13-6-12-5-9(13)7-2-8(10)4-11-3-7/h2,5-6,8,11H,3-4H2,1H3. The summed E-state index contributed by atoms with van der Waals surface area (Å²) >= 11 is 6.01. The van der Waals surface area contributed by atoms with Crippen LogP contribution in [-0.2, 0) is 7.05 Å². The van der Waals surface area contributed by atoms with E-state index >= 15 is 0 Å². The minimum atomic E-state index is 0.0960. The van der Waals surface area contributed by atoms with Gasteiger partial charge in [0.25, 0.3) is 0 Å². The second-order valence-corrected chi connectivity index (χ2v) is 3.79. The molecule has 2 rings (SSSR count). The summed E-state index contributed by atoms with van der Waals surface area (Å²) in [6.45, 7) is 1.73. The first kappa shape index (κ1) is 8.78. The fourth-order valence-corrected chi connectivity index (χ4v) is 1.78. The molecule has 1 N–H and O–H groups in total. The van der Waals surface area contributed by atoms with Crippen molar-refractivity contribution in [3.8, 4) is 0 Å². The lowest BCUT2D eigenvalue weighted by Crippen LogP contribution is -2.29. The highest BCUT2D eigenvalue weighted by Crippen LogP contribution is 2.17. The molecular formula is C9H12ClN3. The predicted octanol–water partition coefficient (Wildman–Crippen LogP) is 1.01. The van der Waals surface area contributed by atoms with Crippen molar-refractivity contribution in [3.05, 3.63) is 24.3 Å². The molecule has 0 fully saturated rings. The van der Waals surface area contributed by atoms with Crippen molar-refractivity contribution in [2.24, 2.45) is 7.05 Å². The Morgan fingerprint density at radius 1 is 1.69 bits per heavy atom. The van der Waals surface area contributed by atoms with E-state index in [1.807, 2.05) is 17.8 Å². The van der Waals surface area contributed by atoms with Gasteiger partial charge in [-0.3, -0.25) is 0 Å². The lowest BCUT2D eigenvalue weighted by Gasteiger charge is -2.17. The molecule has 1 aromatic heterocycles. The third-order valence-corrected chi connectivity index (χ3v) is 2.46. The largest absolute Gasteiger partial charge is 0.334 e. The number of nitrogens with one attached hydrogen (secondary N) is 1. The Morgan fingerprint density at radius 2 is 2.54 bits per heavy atom. The normalized spacial score (nSPS) is 22.9. The quantitative estimate of drug-likeness (QED) is 0.682. The molecule has 0 amide bonds. The smallest absolute Gasteiger partial charge is 0.0948 e. The maximum atomic E-state index is 6.01. The molecule has 0 radical (unpaired) electrons. The lowest BCUT2D eigenvalue weighted by molar-refractivity contribution is 0.736. The highest BCUT2D eigenvalue weighted by Gasteiger charge is 2.13. The van der Waals surface area contributed by atoms with Gasteiger partial charge < -0.3 is 9.88 Å². The SMILES string of the molecule is Cn1cncc1C1=CC(Cl)CNC1. The summed E-state index contributed by atoms with van der Waals surface area (Å²) in [5.41, 5.74) is 2.36. The fraction of sp³-hybridized carbons (Fsp3) is 0.444. The Bertz CT molecular complexity index is 329. The first-order chi connectivity index (χ1) is 6.27. The van der Waals surface area contributed by atoms with Crippen molar-refractivity contribution in [2.45, 2.75) is 5.38 Å². The van der Waals surface area contributed by atoms with Crippen LogP contribution in [0.4, 0.5) is 0 Å².